The van der Waals surface area contributed by atoms with E-state index in [1.54, 1.807) is 6.21 Å². The summed E-state index contributed by atoms with van der Waals surface area (Å²) in [5.74, 6) is 0.746. The molecule has 28 heavy (non-hydrogen) atoms. The summed E-state index contributed by atoms with van der Waals surface area (Å²) >= 11 is 7.27. The number of nitrogens with one attached hydrogen (secondary N) is 1. The van der Waals surface area contributed by atoms with Crippen molar-refractivity contribution in [3.8, 4) is 11.4 Å². The highest BCUT2D eigenvalue weighted by Crippen LogP contribution is 2.24. The third kappa shape index (κ3) is 5.21. The van der Waals surface area contributed by atoms with Crippen molar-refractivity contribution in [1.29, 1.82) is 0 Å². The van der Waals surface area contributed by atoms with Gasteiger partial charge in [-0.3, -0.25) is 4.79 Å². The van der Waals surface area contributed by atoms with E-state index in [0.29, 0.717) is 16.7 Å². The van der Waals surface area contributed by atoms with Crippen LogP contribution in [0.3, 0.4) is 0 Å². The van der Waals surface area contributed by atoms with Gasteiger partial charge in [0.1, 0.15) is 0 Å². The zero-order valence-corrected chi connectivity index (χ0v) is 17.2. The molecule has 1 amide bonds. The lowest BCUT2D eigenvalue weighted by Crippen LogP contribution is -2.20. The first-order chi connectivity index (χ1) is 13.6. The summed E-state index contributed by atoms with van der Waals surface area (Å²) in [6.07, 6.45) is 1.62. The van der Waals surface area contributed by atoms with Crippen LogP contribution in [0.4, 0.5) is 0 Å². The SMILES string of the molecule is CCn1c(SCC(=O)N/N=C/c2ccc(C)cc2)nnc1-c1ccc(Cl)cc1. The van der Waals surface area contributed by atoms with Crippen molar-refractivity contribution < 1.29 is 4.79 Å². The summed E-state index contributed by atoms with van der Waals surface area (Å²) in [5, 5.41) is 13.8. The quantitative estimate of drug-likeness (QED) is 0.358. The zero-order valence-electron chi connectivity index (χ0n) is 15.6. The molecule has 0 aliphatic rings. The highest BCUT2D eigenvalue weighted by Gasteiger charge is 2.14. The molecule has 144 valence electrons. The van der Waals surface area contributed by atoms with E-state index in [1.807, 2.05) is 66.9 Å². The molecule has 0 aliphatic heterocycles. The fourth-order valence-electron chi connectivity index (χ4n) is 2.49. The summed E-state index contributed by atoms with van der Waals surface area (Å²) in [5.41, 5.74) is 5.57. The Bertz CT molecular complexity index is 967. The number of carbonyl (C=O) groups excluding carboxylic acids is 1. The van der Waals surface area contributed by atoms with E-state index in [0.717, 1.165) is 17.0 Å². The standard InChI is InChI=1S/C20H20ClN5OS/c1-3-26-19(16-8-10-17(21)11-9-16)24-25-20(26)28-13-18(27)23-22-12-15-6-4-14(2)5-7-15/h4-12H,3,13H2,1-2H3,(H,23,27)/b22-12+. The van der Waals surface area contributed by atoms with Crippen molar-refractivity contribution in [2.75, 3.05) is 5.75 Å². The number of carbonyl (C=O) groups is 1. The molecule has 0 unspecified atom stereocenters. The largest absolute Gasteiger partial charge is 0.302 e. The van der Waals surface area contributed by atoms with Crippen molar-refractivity contribution in [3.05, 3.63) is 64.7 Å². The van der Waals surface area contributed by atoms with Crippen LogP contribution in [-0.4, -0.2) is 32.6 Å². The van der Waals surface area contributed by atoms with Crippen molar-refractivity contribution in [3.63, 3.8) is 0 Å². The Kier molecular flexibility index (Phi) is 6.84. The topological polar surface area (TPSA) is 72.2 Å². The fourth-order valence-corrected chi connectivity index (χ4v) is 3.41. The third-order valence-corrected chi connectivity index (χ3v) is 5.17. The second-order valence-electron chi connectivity index (χ2n) is 6.05. The first kappa shape index (κ1) is 20.1. The monoisotopic (exact) mass is 413 g/mol. The van der Waals surface area contributed by atoms with Crippen LogP contribution in [0, 0.1) is 6.92 Å². The van der Waals surface area contributed by atoms with Gasteiger partial charge in [0.25, 0.3) is 5.91 Å². The molecule has 8 heteroatoms. The number of hydrogen-bond acceptors (Lipinski definition) is 5. The highest BCUT2D eigenvalue weighted by molar-refractivity contribution is 7.99. The molecule has 1 aromatic heterocycles. The number of aromatic nitrogens is 3. The number of benzene rings is 2. The summed E-state index contributed by atoms with van der Waals surface area (Å²) in [6, 6.07) is 15.3. The molecule has 0 bridgehead atoms. The number of thioether (sulfide) groups is 1. The molecule has 0 atom stereocenters. The van der Waals surface area contributed by atoms with E-state index in [1.165, 1.54) is 17.3 Å². The highest BCUT2D eigenvalue weighted by atomic mass is 35.5. The predicted octanol–water partition coefficient (Wildman–Crippen LogP) is 4.17. The van der Waals surface area contributed by atoms with E-state index < -0.39 is 0 Å². The van der Waals surface area contributed by atoms with Crippen LogP contribution >= 0.6 is 23.4 Å². The molecule has 0 saturated heterocycles. The van der Waals surface area contributed by atoms with E-state index in [4.69, 9.17) is 11.6 Å². The Labute approximate surface area is 173 Å². The maximum Gasteiger partial charge on any atom is 0.250 e. The van der Waals surface area contributed by atoms with Gasteiger partial charge in [-0.25, -0.2) is 5.43 Å². The number of hydrazone groups is 1. The molecule has 1 N–H and O–H groups in total. The summed E-state index contributed by atoms with van der Waals surface area (Å²) < 4.78 is 1.97. The number of aryl methyl sites for hydroxylation is 1. The lowest BCUT2D eigenvalue weighted by Gasteiger charge is -2.07. The molecule has 0 aliphatic carbocycles. The number of rotatable bonds is 7. The van der Waals surface area contributed by atoms with Gasteiger partial charge in [-0.05, 0) is 43.7 Å². The summed E-state index contributed by atoms with van der Waals surface area (Å²) in [7, 11) is 0. The Morgan fingerprint density at radius 2 is 1.89 bits per heavy atom. The smallest absolute Gasteiger partial charge is 0.250 e. The Hall–Kier alpha value is -2.64. The lowest BCUT2D eigenvalue weighted by molar-refractivity contribution is -0.118. The van der Waals surface area contributed by atoms with E-state index >= 15 is 0 Å². The molecule has 3 aromatic rings. The average Bonchev–Trinajstić information content (AvgIpc) is 3.11. The van der Waals surface area contributed by atoms with E-state index in [2.05, 4.69) is 20.7 Å². The van der Waals surface area contributed by atoms with Gasteiger partial charge in [0.15, 0.2) is 11.0 Å². The summed E-state index contributed by atoms with van der Waals surface area (Å²) in [4.78, 5) is 12.1. The maximum absolute atomic E-state index is 12.1. The molecular formula is C20H20ClN5OS. The van der Waals surface area contributed by atoms with Crippen LogP contribution < -0.4 is 5.43 Å². The Morgan fingerprint density at radius 3 is 2.57 bits per heavy atom. The Balaban J connectivity index is 1.58. The molecule has 2 aromatic carbocycles. The minimum Gasteiger partial charge on any atom is -0.302 e. The van der Waals surface area contributed by atoms with Gasteiger partial charge >= 0.3 is 0 Å². The normalized spacial score (nSPS) is 11.1. The predicted molar refractivity (Wildman–Crippen MR) is 114 cm³/mol. The van der Waals surface area contributed by atoms with Gasteiger partial charge in [0, 0.05) is 17.1 Å². The van der Waals surface area contributed by atoms with Gasteiger partial charge in [-0.15, -0.1) is 10.2 Å². The van der Waals surface area contributed by atoms with Crippen LogP contribution in [0.25, 0.3) is 11.4 Å². The van der Waals surface area contributed by atoms with Crippen molar-refractivity contribution >= 4 is 35.5 Å². The zero-order chi connectivity index (χ0) is 19.9. The fraction of sp³-hybridized carbons (Fsp3) is 0.200. The minimum absolute atomic E-state index is 0.198. The molecule has 0 radical (unpaired) electrons. The van der Waals surface area contributed by atoms with Crippen LogP contribution in [0.5, 0.6) is 0 Å². The molecule has 0 fully saturated rings. The number of nitrogens with zero attached hydrogens (tertiary/aromatic N) is 4. The van der Waals surface area contributed by atoms with Crippen molar-refractivity contribution in [2.45, 2.75) is 25.5 Å². The van der Waals surface area contributed by atoms with Gasteiger partial charge in [-0.1, -0.05) is 53.2 Å². The first-order valence-corrected chi connectivity index (χ1v) is 10.1. The summed E-state index contributed by atoms with van der Waals surface area (Å²) in [6.45, 7) is 4.73. The molecule has 0 spiro atoms. The molecule has 6 nitrogen and oxygen atoms in total. The second-order valence-corrected chi connectivity index (χ2v) is 7.43. The molecular weight excluding hydrogens is 394 g/mol. The molecule has 0 saturated carbocycles. The minimum atomic E-state index is -0.202. The number of halogens is 1. The van der Waals surface area contributed by atoms with Crippen LogP contribution in [0.15, 0.2) is 58.8 Å². The average molecular weight is 414 g/mol. The van der Waals surface area contributed by atoms with Crippen LogP contribution in [0.1, 0.15) is 18.1 Å². The number of hydrogen-bond donors (Lipinski definition) is 1. The third-order valence-electron chi connectivity index (χ3n) is 3.95. The molecule has 1 heterocycles. The van der Waals surface area contributed by atoms with Gasteiger partial charge in [0.2, 0.25) is 0 Å². The van der Waals surface area contributed by atoms with Crippen LogP contribution in [-0.2, 0) is 11.3 Å². The first-order valence-electron chi connectivity index (χ1n) is 8.77. The number of amides is 1. The van der Waals surface area contributed by atoms with Gasteiger partial charge < -0.3 is 4.57 Å². The van der Waals surface area contributed by atoms with E-state index in [-0.39, 0.29) is 11.7 Å². The Morgan fingerprint density at radius 1 is 1.18 bits per heavy atom. The van der Waals surface area contributed by atoms with Crippen molar-refractivity contribution in [1.82, 2.24) is 20.2 Å². The van der Waals surface area contributed by atoms with Gasteiger partial charge in [-0.2, -0.15) is 5.10 Å². The maximum atomic E-state index is 12.1. The second kappa shape index (κ2) is 9.52. The lowest BCUT2D eigenvalue weighted by atomic mass is 10.2. The van der Waals surface area contributed by atoms with Gasteiger partial charge in [0.05, 0.1) is 12.0 Å². The van der Waals surface area contributed by atoms with E-state index in [9.17, 15) is 4.79 Å². The van der Waals surface area contributed by atoms with Crippen LogP contribution in [0.2, 0.25) is 5.02 Å². The molecule has 3 rings (SSSR count). The van der Waals surface area contributed by atoms with Crippen molar-refractivity contribution in [2.24, 2.45) is 5.10 Å².